The summed E-state index contributed by atoms with van der Waals surface area (Å²) in [6.45, 7) is 1.17. The summed E-state index contributed by atoms with van der Waals surface area (Å²) in [4.78, 5) is 38.6. The summed E-state index contributed by atoms with van der Waals surface area (Å²) in [5, 5.41) is 0. The number of anilines is 1. The van der Waals surface area contributed by atoms with Crippen molar-refractivity contribution in [2.75, 3.05) is 18.5 Å². The van der Waals surface area contributed by atoms with E-state index in [9.17, 15) is 9.59 Å². The van der Waals surface area contributed by atoms with E-state index in [2.05, 4.69) is 11.1 Å². The highest BCUT2D eigenvalue weighted by molar-refractivity contribution is 5.95. The molecule has 7 nitrogen and oxygen atoms in total. The van der Waals surface area contributed by atoms with Gasteiger partial charge in [0, 0.05) is 37.2 Å². The van der Waals surface area contributed by atoms with Crippen molar-refractivity contribution in [1.82, 2.24) is 19.4 Å². The molecule has 0 fully saturated rings. The van der Waals surface area contributed by atoms with E-state index in [4.69, 9.17) is 4.98 Å². The van der Waals surface area contributed by atoms with Gasteiger partial charge in [0.25, 0.3) is 5.91 Å². The number of hydrogen-bond acceptors (Lipinski definition) is 4. The molecule has 2 aromatic carbocycles. The van der Waals surface area contributed by atoms with Crippen molar-refractivity contribution in [2.24, 2.45) is 0 Å². The van der Waals surface area contributed by atoms with Crippen LogP contribution in [0.2, 0.25) is 0 Å². The van der Waals surface area contributed by atoms with Crippen LogP contribution in [0.25, 0.3) is 11.0 Å². The molecule has 1 aliphatic rings. The van der Waals surface area contributed by atoms with Crippen LogP contribution < -0.4 is 4.90 Å². The summed E-state index contributed by atoms with van der Waals surface area (Å²) >= 11 is 0. The lowest BCUT2D eigenvalue weighted by atomic mass is 10.0. The van der Waals surface area contributed by atoms with Gasteiger partial charge in [-0.25, -0.2) is 4.98 Å². The highest BCUT2D eigenvalue weighted by Gasteiger charge is 2.24. The Balaban J connectivity index is 1.44. The molecule has 4 aromatic rings. The Labute approximate surface area is 192 Å². The molecule has 0 saturated heterocycles. The lowest BCUT2D eigenvalue weighted by molar-refractivity contribution is -0.119. The Morgan fingerprint density at radius 3 is 2.61 bits per heavy atom. The number of rotatable bonds is 5. The van der Waals surface area contributed by atoms with Gasteiger partial charge in [-0.2, -0.15) is 0 Å². The zero-order chi connectivity index (χ0) is 22.8. The zero-order valence-electron chi connectivity index (χ0n) is 18.5. The molecule has 0 N–H and O–H groups in total. The standard InChI is InChI=1S/C26H25N5O2/c1-29(26(33)20-12-14-27-15-13-20)17-24-28-21-9-3-5-11-23(21)31(24)18-25(32)30-16-6-8-19-7-2-4-10-22(19)30/h2-5,7,9-15H,6,8,16-18H2,1H3. The largest absolute Gasteiger partial charge is 0.334 e. The van der Waals surface area contributed by atoms with Crippen molar-refractivity contribution in [1.29, 1.82) is 0 Å². The van der Waals surface area contributed by atoms with E-state index in [0.29, 0.717) is 24.5 Å². The molecule has 0 bridgehead atoms. The molecule has 2 aromatic heterocycles. The lowest BCUT2D eigenvalue weighted by Gasteiger charge is -2.30. The second-order valence-corrected chi connectivity index (χ2v) is 8.28. The number of pyridine rings is 1. The minimum Gasteiger partial charge on any atom is -0.334 e. The molecule has 5 rings (SSSR count). The van der Waals surface area contributed by atoms with Crippen LogP contribution in [0.4, 0.5) is 5.69 Å². The van der Waals surface area contributed by atoms with Gasteiger partial charge in [-0.3, -0.25) is 14.6 Å². The molecular formula is C26H25N5O2. The number of fused-ring (bicyclic) bond motifs is 2. The van der Waals surface area contributed by atoms with Gasteiger partial charge in [0.2, 0.25) is 5.91 Å². The second kappa shape index (κ2) is 8.86. The average molecular weight is 440 g/mol. The minimum absolute atomic E-state index is 0.0228. The third-order valence-electron chi connectivity index (χ3n) is 6.09. The summed E-state index contributed by atoms with van der Waals surface area (Å²) in [7, 11) is 1.75. The first kappa shape index (κ1) is 20.9. The van der Waals surface area contributed by atoms with Crippen LogP contribution >= 0.6 is 0 Å². The fourth-order valence-corrected chi connectivity index (χ4v) is 4.43. The van der Waals surface area contributed by atoms with Gasteiger partial charge in [0.1, 0.15) is 12.4 Å². The van der Waals surface area contributed by atoms with Crippen molar-refractivity contribution in [3.05, 3.63) is 90.0 Å². The lowest BCUT2D eigenvalue weighted by Crippen LogP contribution is -2.38. The average Bonchev–Trinajstić information content (AvgIpc) is 3.20. The normalized spacial score (nSPS) is 13.1. The molecule has 1 aliphatic heterocycles. The van der Waals surface area contributed by atoms with Crippen LogP contribution in [-0.2, 0) is 24.3 Å². The molecule has 2 amide bonds. The van der Waals surface area contributed by atoms with Gasteiger partial charge in [-0.1, -0.05) is 30.3 Å². The van der Waals surface area contributed by atoms with Gasteiger partial charge < -0.3 is 14.4 Å². The summed E-state index contributed by atoms with van der Waals surface area (Å²) in [5.41, 5.74) is 4.45. The van der Waals surface area contributed by atoms with Gasteiger partial charge in [0.15, 0.2) is 0 Å². The number of amides is 2. The Hall–Kier alpha value is -4.00. The molecule has 33 heavy (non-hydrogen) atoms. The van der Waals surface area contributed by atoms with Crippen molar-refractivity contribution >= 4 is 28.5 Å². The van der Waals surface area contributed by atoms with Crippen molar-refractivity contribution in [3.63, 3.8) is 0 Å². The summed E-state index contributed by atoms with van der Waals surface area (Å²) in [5.74, 6) is 0.585. The number of carbonyl (C=O) groups is 2. The first-order chi connectivity index (χ1) is 16.1. The third-order valence-corrected chi connectivity index (χ3v) is 6.09. The van der Waals surface area contributed by atoms with Crippen LogP contribution in [0.1, 0.15) is 28.2 Å². The van der Waals surface area contributed by atoms with E-state index in [-0.39, 0.29) is 18.4 Å². The Bertz CT molecular complexity index is 1310. The minimum atomic E-state index is -0.118. The van der Waals surface area contributed by atoms with E-state index in [1.54, 1.807) is 36.5 Å². The first-order valence-electron chi connectivity index (χ1n) is 11.1. The number of imidazole rings is 1. The van der Waals surface area contributed by atoms with E-state index < -0.39 is 0 Å². The zero-order valence-corrected chi connectivity index (χ0v) is 18.5. The number of benzene rings is 2. The second-order valence-electron chi connectivity index (χ2n) is 8.28. The maximum absolute atomic E-state index is 13.5. The first-order valence-corrected chi connectivity index (χ1v) is 11.1. The molecule has 0 saturated carbocycles. The van der Waals surface area contributed by atoms with Gasteiger partial charge in [0.05, 0.1) is 17.6 Å². The Kier molecular flexibility index (Phi) is 5.60. The predicted molar refractivity (Wildman–Crippen MR) is 127 cm³/mol. The summed E-state index contributed by atoms with van der Waals surface area (Å²) in [6.07, 6.45) is 5.14. The predicted octanol–water partition coefficient (Wildman–Crippen LogP) is 3.68. The molecule has 166 valence electrons. The SMILES string of the molecule is CN(Cc1nc2ccccc2n1CC(=O)N1CCCc2ccccc21)C(=O)c1ccncc1. The number of carbonyl (C=O) groups excluding carboxylic acids is 2. The van der Waals surface area contributed by atoms with E-state index in [1.807, 2.05) is 51.9 Å². The van der Waals surface area contributed by atoms with Crippen LogP contribution in [0, 0.1) is 0 Å². The van der Waals surface area contributed by atoms with E-state index in [1.165, 1.54) is 5.56 Å². The highest BCUT2D eigenvalue weighted by atomic mass is 16.2. The molecular weight excluding hydrogens is 414 g/mol. The number of nitrogens with zero attached hydrogens (tertiary/aromatic N) is 5. The molecule has 0 atom stereocenters. The smallest absolute Gasteiger partial charge is 0.254 e. The van der Waals surface area contributed by atoms with Crippen LogP contribution in [0.3, 0.4) is 0 Å². The van der Waals surface area contributed by atoms with Crippen molar-refractivity contribution in [3.8, 4) is 0 Å². The summed E-state index contributed by atoms with van der Waals surface area (Å²) in [6, 6.07) is 19.3. The van der Waals surface area contributed by atoms with Crippen molar-refractivity contribution in [2.45, 2.75) is 25.9 Å². The van der Waals surface area contributed by atoms with E-state index in [0.717, 1.165) is 29.6 Å². The quantitative estimate of drug-likeness (QED) is 0.476. The molecule has 3 heterocycles. The third kappa shape index (κ3) is 4.09. The van der Waals surface area contributed by atoms with Crippen LogP contribution in [0.15, 0.2) is 73.1 Å². The molecule has 0 aliphatic carbocycles. The molecule has 0 spiro atoms. The molecule has 7 heteroatoms. The Morgan fingerprint density at radius 1 is 1.00 bits per heavy atom. The number of hydrogen-bond donors (Lipinski definition) is 0. The molecule has 0 radical (unpaired) electrons. The van der Waals surface area contributed by atoms with Crippen LogP contribution in [0.5, 0.6) is 0 Å². The van der Waals surface area contributed by atoms with Crippen molar-refractivity contribution < 1.29 is 9.59 Å². The van der Waals surface area contributed by atoms with Gasteiger partial charge in [-0.05, 0) is 48.7 Å². The molecule has 0 unspecified atom stereocenters. The fraction of sp³-hybridized carbons (Fsp3) is 0.231. The Morgan fingerprint density at radius 2 is 1.76 bits per heavy atom. The maximum atomic E-state index is 13.5. The number of aromatic nitrogens is 3. The van der Waals surface area contributed by atoms with Gasteiger partial charge >= 0.3 is 0 Å². The topological polar surface area (TPSA) is 71.3 Å². The number of aryl methyl sites for hydroxylation is 1. The highest BCUT2D eigenvalue weighted by Crippen LogP contribution is 2.27. The van der Waals surface area contributed by atoms with Crippen LogP contribution in [-0.4, -0.2) is 44.8 Å². The fourth-order valence-electron chi connectivity index (χ4n) is 4.43. The summed E-state index contributed by atoms with van der Waals surface area (Å²) < 4.78 is 1.94. The van der Waals surface area contributed by atoms with Gasteiger partial charge in [-0.15, -0.1) is 0 Å². The number of para-hydroxylation sites is 3. The monoisotopic (exact) mass is 439 g/mol. The maximum Gasteiger partial charge on any atom is 0.254 e. The van der Waals surface area contributed by atoms with E-state index >= 15 is 0 Å².